The van der Waals surface area contributed by atoms with Crippen molar-refractivity contribution in [1.29, 1.82) is 0 Å². The van der Waals surface area contributed by atoms with Crippen LogP contribution in [0.1, 0.15) is 58.8 Å². The first-order valence-electron chi connectivity index (χ1n) is 11.8. The molecule has 3 amide bonds. The Morgan fingerprint density at radius 1 is 1.22 bits per heavy atom. The SMILES string of the molecule is CNCCCN1C(=O)N(CC2CC(C)NO2)C(=O)C2CC(S(=O)(=O)NC3(C)CC3)CCC21. The van der Waals surface area contributed by atoms with E-state index >= 15 is 0 Å². The van der Waals surface area contributed by atoms with Crippen molar-refractivity contribution in [2.75, 3.05) is 26.7 Å². The van der Waals surface area contributed by atoms with E-state index in [1.165, 1.54) is 4.90 Å². The summed E-state index contributed by atoms with van der Waals surface area (Å²) in [5.74, 6) is -0.762. The molecule has 5 unspecified atom stereocenters. The Kier molecular flexibility index (Phi) is 6.84. The Balaban J connectivity index is 1.52. The van der Waals surface area contributed by atoms with Crippen molar-refractivity contribution in [3.8, 4) is 0 Å². The number of hydrogen-bond donors (Lipinski definition) is 3. The molecule has 0 aromatic carbocycles. The van der Waals surface area contributed by atoms with Crippen LogP contribution in [0.4, 0.5) is 4.79 Å². The first-order chi connectivity index (χ1) is 15.1. The minimum absolute atomic E-state index is 0.161. The fraction of sp³-hybridized carbons (Fsp3) is 0.905. The maximum atomic E-state index is 13.5. The van der Waals surface area contributed by atoms with E-state index in [9.17, 15) is 18.0 Å². The molecule has 32 heavy (non-hydrogen) atoms. The van der Waals surface area contributed by atoms with E-state index in [4.69, 9.17) is 4.84 Å². The molecule has 0 aromatic heterocycles. The molecule has 10 nitrogen and oxygen atoms in total. The zero-order chi connectivity index (χ0) is 23.1. The van der Waals surface area contributed by atoms with Crippen molar-refractivity contribution in [1.82, 2.24) is 25.3 Å². The molecule has 0 bridgehead atoms. The predicted octanol–water partition coefficient (Wildman–Crippen LogP) is 0.551. The van der Waals surface area contributed by atoms with Crippen molar-refractivity contribution < 1.29 is 22.8 Å². The quantitative estimate of drug-likeness (QED) is 0.420. The highest BCUT2D eigenvalue weighted by Crippen LogP contribution is 2.40. The molecular weight excluding hydrogens is 434 g/mol. The van der Waals surface area contributed by atoms with E-state index in [1.807, 2.05) is 20.9 Å². The van der Waals surface area contributed by atoms with Crippen molar-refractivity contribution in [2.24, 2.45) is 5.92 Å². The average Bonchev–Trinajstić information content (AvgIpc) is 3.31. The molecule has 2 heterocycles. The Morgan fingerprint density at radius 2 is 1.97 bits per heavy atom. The maximum absolute atomic E-state index is 13.5. The topological polar surface area (TPSA) is 120 Å². The number of carbonyl (C=O) groups is 2. The molecule has 4 fully saturated rings. The number of hydrogen-bond acceptors (Lipinski definition) is 7. The molecule has 0 radical (unpaired) electrons. The molecule has 2 saturated carbocycles. The number of carbonyl (C=O) groups excluding carboxylic acids is 2. The van der Waals surface area contributed by atoms with Crippen molar-refractivity contribution in [3.05, 3.63) is 0 Å². The van der Waals surface area contributed by atoms with E-state index in [1.54, 1.807) is 4.90 Å². The van der Waals surface area contributed by atoms with Gasteiger partial charge in [0.05, 0.1) is 23.8 Å². The van der Waals surface area contributed by atoms with Gasteiger partial charge in [-0.3, -0.25) is 14.5 Å². The maximum Gasteiger partial charge on any atom is 0.327 e. The van der Waals surface area contributed by atoms with Gasteiger partial charge in [-0.15, -0.1) is 0 Å². The highest BCUT2D eigenvalue weighted by atomic mass is 32.2. The molecular formula is C21H37N5O5S. The fourth-order valence-electron chi connectivity index (χ4n) is 5.22. The lowest BCUT2D eigenvalue weighted by molar-refractivity contribution is -0.142. The van der Waals surface area contributed by atoms with Crippen LogP contribution in [0.5, 0.6) is 0 Å². The molecule has 4 aliphatic rings. The first kappa shape index (κ1) is 23.9. The van der Waals surface area contributed by atoms with Crippen LogP contribution in [0.3, 0.4) is 0 Å². The van der Waals surface area contributed by atoms with Crippen LogP contribution in [0.15, 0.2) is 0 Å². The molecule has 4 rings (SSSR count). The predicted molar refractivity (Wildman–Crippen MR) is 119 cm³/mol. The van der Waals surface area contributed by atoms with Crippen LogP contribution in [-0.2, 0) is 19.7 Å². The average molecular weight is 472 g/mol. The van der Waals surface area contributed by atoms with E-state index in [0.29, 0.717) is 25.8 Å². The molecule has 0 aromatic rings. The number of imide groups is 1. The largest absolute Gasteiger partial charge is 0.327 e. The molecule has 0 spiro atoms. The third kappa shape index (κ3) is 4.96. The molecule has 2 saturated heterocycles. The van der Waals surface area contributed by atoms with Crippen LogP contribution in [0, 0.1) is 5.92 Å². The minimum Gasteiger partial charge on any atom is -0.320 e. The van der Waals surface area contributed by atoms with Gasteiger partial charge in [0.2, 0.25) is 15.9 Å². The van der Waals surface area contributed by atoms with Crippen molar-refractivity contribution in [2.45, 2.75) is 87.8 Å². The Hall–Kier alpha value is -1.27. The van der Waals surface area contributed by atoms with Crippen LogP contribution < -0.4 is 15.5 Å². The Morgan fingerprint density at radius 3 is 2.59 bits per heavy atom. The second-order valence-corrected chi connectivity index (χ2v) is 12.2. The number of rotatable bonds is 9. The molecule has 182 valence electrons. The highest BCUT2D eigenvalue weighted by molar-refractivity contribution is 7.90. The number of sulfonamides is 1. The summed E-state index contributed by atoms with van der Waals surface area (Å²) in [4.78, 5) is 35.4. The van der Waals surface area contributed by atoms with Gasteiger partial charge in [0.1, 0.15) is 0 Å². The van der Waals surface area contributed by atoms with Crippen molar-refractivity contribution >= 4 is 22.0 Å². The van der Waals surface area contributed by atoms with Gasteiger partial charge in [-0.05, 0) is 72.4 Å². The van der Waals surface area contributed by atoms with Gasteiger partial charge < -0.3 is 10.2 Å². The Labute approximate surface area is 190 Å². The summed E-state index contributed by atoms with van der Waals surface area (Å²) in [7, 11) is -1.65. The molecule has 3 N–H and O–H groups in total. The summed E-state index contributed by atoms with van der Waals surface area (Å²) in [6.07, 6.45) is 4.16. The van der Waals surface area contributed by atoms with Crippen LogP contribution in [0.2, 0.25) is 0 Å². The monoisotopic (exact) mass is 471 g/mol. The van der Waals surface area contributed by atoms with Gasteiger partial charge in [0.15, 0.2) is 0 Å². The number of urea groups is 1. The third-order valence-corrected chi connectivity index (χ3v) is 9.40. The van der Waals surface area contributed by atoms with Crippen LogP contribution >= 0.6 is 0 Å². The lowest BCUT2D eigenvalue weighted by Gasteiger charge is -2.48. The van der Waals surface area contributed by atoms with E-state index in [-0.39, 0.29) is 48.6 Å². The number of amides is 3. The molecule has 2 aliphatic carbocycles. The van der Waals surface area contributed by atoms with E-state index in [2.05, 4.69) is 15.5 Å². The molecule has 2 aliphatic heterocycles. The van der Waals surface area contributed by atoms with Gasteiger partial charge >= 0.3 is 6.03 Å². The molecule has 11 heteroatoms. The standard InChI is InChI=1S/C21H37N5O5S/c1-14-11-15(31-23-14)13-26-19(27)17-12-16(32(29,30)24-21(2)7-8-21)5-6-18(17)25(20(26)28)10-4-9-22-3/h14-18,22-24H,4-13H2,1-3H3. The van der Waals surface area contributed by atoms with E-state index < -0.39 is 21.2 Å². The summed E-state index contributed by atoms with van der Waals surface area (Å²) >= 11 is 0. The molecule has 5 atom stereocenters. The number of fused-ring (bicyclic) bond motifs is 1. The number of hydroxylamine groups is 1. The van der Waals surface area contributed by atoms with Crippen molar-refractivity contribution in [3.63, 3.8) is 0 Å². The second kappa shape index (κ2) is 9.17. The Bertz CT molecular complexity index is 832. The zero-order valence-electron chi connectivity index (χ0n) is 19.3. The summed E-state index contributed by atoms with van der Waals surface area (Å²) in [5.41, 5.74) is 2.56. The van der Waals surface area contributed by atoms with Gasteiger partial charge in [0, 0.05) is 24.2 Å². The van der Waals surface area contributed by atoms with E-state index in [0.717, 1.165) is 25.8 Å². The van der Waals surface area contributed by atoms with Gasteiger partial charge in [-0.2, -0.15) is 5.48 Å². The summed E-state index contributed by atoms with van der Waals surface area (Å²) < 4.78 is 28.9. The highest BCUT2D eigenvalue weighted by Gasteiger charge is 2.52. The lowest BCUT2D eigenvalue weighted by atomic mass is 9.80. The fourth-order valence-corrected chi connectivity index (χ4v) is 7.18. The van der Waals surface area contributed by atoms with Crippen LogP contribution in [-0.4, -0.2) is 85.8 Å². The zero-order valence-corrected chi connectivity index (χ0v) is 20.1. The summed E-state index contributed by atoms with van der Waals surface area (Å²) in [6.45, 7) is 5.40. The normalized spacial score (nSPS) is 34.7. The van der Waals surface area contributed by atoms with Gasteiger partial charge in [-0.1, -0.05) is 0 Å². The summed E-state index contributed by atoms with van der Waals surface area (Å²) in [5, 5.41) is 2.49. The first-order valence-corrected chi connectivity index (χ1v) is 13.4. The third-order valence-electron chi connectivity index (χ3n) is 7.32. The lowest BCUT2D eigenvalue weighted by Crippen LogP contribution is -2.65. The van der Waals surface area contributed by atoms with Gasteiger partial charge in [-0.25, -0.2) is 17.9 Å². The number of nitrogens with one attached hydrogen (secondary N) is 3. The van der Waals surface area contributed by atoms with Crippen LogP contribution in [0.25, 0.3) is 0 Å². The second-order valence-electron chi connectivity index (χ2n) is 10.2. The smallest absolute Gasteiger partial charge is 0.320 e. The summed E-state index contributed by atoms with van der Waals surface area (Å²) in [6, 6.07) is -0.360. The van der Waals surface area contributed by atoms with Gasteiger partial charge in [0.25, 0.3) is 0 Å². The number of nitrogens with zero attached hydrogens (tertiary/aromatic N) is 2. The minimum atomic E-state index is -3.52.